The van der Waals surface area contributed by atoms with Crippen LogP contribution in [0.15, 0.2) is 48.5 Å². The summed E-state index contributed by atoms with van der Waals surface area (Å²) in [6.45, 7) is 2.15. The summed E-state index contributed by atoms with van der Waals surface area (Å²) in [5.41, 5.74) is 1.31. The van der Waals surface area contributed by atoms with Gasteiger partial charge in [-0.25, -0.2) is 0 Å². The van der Waals surface area contributed by atoms with Crippen molar-refractivity contribution in [1.82, 2.24) is 0 Å². The highest BCUT2D eigenvalue weighted by molar-refractivity contribution is 6.22. The molecule has 0 saturated carbocycles. The second kappa shape index (κ2) is 2.98. The Morgan fingerprint density at radius 3 is 2.59 bits per heavy atom. The molecular weight excluding hydrogens is 204 g/mol. The van der Waals surface area contributed by atoms with E-state index >= 15 is 0 Å². The van der Waals surface area contributed by atoms with Crippen LogP contribution in [0.25, 0.3) is 32.3 Å². The van der Waals surface area contributed by atoms with Gasteiger partial charge in [0, 0.05) is 0 Å². The van der Waals surface area contributed by atoms with Crippen molar-refractivity contribution in [2.24, 2.45) is 0 Å². The van der Waals surface area contributed by atoms with Gasteiger partial charge in [-0.15, -0.1) is 0 Å². The second-order valence-corrected chi connectivity index (χ2v) is 4.71. The lowest BCUT2D eigenvalue weighted by Gasteiger charge is -2.10. The van der Waals surface area contributed by atoms with Gasteiger partial charge in [-0.2, -0.15) is 0 Å². The summed E-state index contributed by atoms with van der Waals surface area (Å²) in [6, 6.07) is 20.8. The van der Waals surface area contributed by atoms with Crippen LogP contribution in [-0.2, 0) is 0 Å². The van der Waals surface area contributed by atoms with E-state index in [2.05, 4.69) is 61.5 Å². The Morgan fingerprint density at radius 1 is 0.824 bits per heavy atom. The fraction of sp³-hybridized carbons (Fsp3) is 0.0588. The fourth-order valence-electron chi connectivity index (χ4n) is 2.82. The van der Waals surface area contributed by atoms with E-state index in [0.717, 1.165) is 0 Å². The van der Waals surface area contributed by atoms with Crippen molar-refractivity contribution in [2.75, 3.05) is 0 Å². The maximum atomic E-state index is 3.39. The molecule has 0 aliphatic rings. The Hall–Kier alpha value is -2.08. The van der Waals surface area contributed by atoms with Gasteiger partial charge in [-0.3, -0.25) is 0 Å². The van der Waals surface area contributed by atoms with Gasteiger partial charge in [0.25, 0.3) is 0 Å². The molecule has 4 aromatic rings. The van der Waals surface area contributed by atoms with Crippen LogP contribution in [0, 0.1) is 13.0 Å². The van der Waals surface area contributed by atoms with Crippen LogP contribution < -0.4 is 0 Å². The van der Waals surface area contributed by atoms with E-state index in [9.17, 15) is 0 Å². The van der Waals surface area contributed by atoms with E-state index in [1.807, 2.05) is 0 Å². The Morgan fingerprint density at radius 2 is 1.65 bits per heavy atom. The van der Waals surface area contributed by atoms with E-state index in [1.54, 1.807) is 0 Å². The summed E-state index contributed by atoms with van der Waals surface area (Å²) in [4.78, 5) is 0. The average molecular weight is 215 g/mol. The summed E-state index contributed by atoms with van der Waals surface area (Å²) in [6.07, 6.45) is 0. The molecule has 0 N–H and O–H groups in total. The van der Waals surface area contributed by atoms with E-state index < -0.39 is 0 Å². The summed E-state index contributed by atoms with van der Waals surface area (Å²) in [7, 11) is 0. The van der Waals surface area contributed by atoms with Crippen LogP contribution in [0.4, 0.5) is 0 Å². The summed E-state index contributed by atoms with van der Waals surface area (Å²) >= 11 is 0. The molecule has 17 heavy (non-hydrogen) atoms. The predicted octanol–water partition coefficient (Wildman–Crippen LogP) is 4.69. The highest BCUT2D eigenvalue weighted by atomic mass is 14.1. The number of aryl methyl sites for hydroxylation is 1. The third kappa shape index (κ3) is 1.13. The van der Waals surface area contributed by atoms with Crippen molar-refractivity contribution in [1.29, 1.82) is 0 Å². The van der Waals surface area contributed by atoms with Crippen molar-refractivity contribution in [3.8, 4) is 0 Å². The van der Waals surface area contributed by atoms with Gasteiger partial charge in [0.15, 0.2) is 0 Å². The molecule has 0 aliphatic heterocycles. The molecule has 0 fully saturated rings. The predicted molar refractivity (Wildman–Crippen MR) is 73.7 cm³/mol. The van der Waals surface area contributed by atoms with Crippen molar-refractivity contribution in [3.05, 3.63) is 60.2 Å². The van der Waals surface area contributed by atoms with Crippen LogP contribution in [0.2, 0.25) is 0 Å². The van der Waals surface area contributed by atoms with E-state index in [-0.39, 0.29) is 0 Å². The van der Waals surface area contributed by atoms with Gasteiger partial charge in [0.05, 0.1) is 0 Å². The molecule has 0 atom stereocenters. The minimum atomic E-state index is 1.21. The Balaban J connectivity index is 2.45. The second-order valence-electron chi connectivity index (χ2n) is 4.71. The van der Waals surface area contributed by atoms with Gasteiger partial charge >= 0.3 is 0 Å². The first-order chi connectivity index (χ1) is 8.33. The smallest absolute Gasteiger partial charge is 0.00206 e. The third-order valence-corrected chi connectivity index (χ3v) is 3.52. The SMILES string of the molecule is Cc1cc2c[c]c3cccc4ccc(c1)c2c34. The summed E-state index contributed by atoms with van der Waals surface area (Å²) in [5, 5.41) is 7.87. The van der Waals surface area contributed by atoms with Gasteiger partial charge in [-0.1, -0.05) is 42.5 Å². The van der Waals surface area contributed by atoms with Gasteiger partial charge < -0.3 is 0 Å². The van der Waals surface area contributed by atoms with Crippen molar-refractivity contribution < 1.29 is 0 Å². The normalized spacial score (nSPS) is 11.8. The molecule has 0 saturated heterocycles. The van der Waals surface area contributed by atoms with Gasteiger partial charge in [-0.05, 0) is 56.9 Å². The summed E-state index contributed by atoms with van der Waals surface area (Å²) < 4.78 is 0. The van der Waals surface area contributed by atoms with Crippen LogP contribution in [0.3, 0.4) is 0 Å². The maximum absolute atomic E-state index is 3.39. The molecular formula is C17H11. The maximum Gasteiger partial charge on any atom is -0.00206 e. The van der Waals surface area contributed by atoms with Crippen molar-refractivity contribution in [2.45, 2.75) is 6.92 Å². The first-order valence-electron chi connectivity index (χ1n) is 5.89. The zero-order valence-corrected chi connectivity index (χ0v) is 9.62. The zero-order chi connectivity index (χ0) is 11.4. The Bertz CT molecular complexity index is 776. The number of rotatable bonds is 0. The standard InChI is InChI=1S/C17H11/c1-11-9-14-7-5-12-3-2-4-13-6-8-15(10-11)17(14)16(12)13/h2-5,7-10H,1H3. The molecule has 0 amide bonds. The highest BCUT2D eigenvalue weighted by Crippen LogP contribution is 2.34. The Labute approximate surface area is 99.8 Å². The number of hydrogen-bond donors (Lipinski definition) is 0. The zero-order valence-electron chi connectivity index (χ0n) is 9.62. The van der Waals surface area contributed by atoms with Crippen LogP contribution in [-0.4, -0.2) is 0 Å². The van der Waals surface area contributed by atoms with E-state index in [1.165, 1.54) is 37.9 Å². The minimum Gasteiger partial charge on any atom is -0.0610 e. The lowest BCUT2D eigenvalue weighted by molar-refractivity contribution is 1.52. The molecule has 4 aromatic carbocycles. The first kappa shape index (κ1) is 9.00. The fourth-order valence-corrected chi connectivity index (χ4v) is 2.82. The van der Waals surface area contributed by atoms with Crippen molar-refractivity contribution in [3.63, 3.8) is 0 Å². The largest absolute Gasteiger partial charge is 0.0610 e. The van der Waals surface area contributed by atoms with E-state index in [0.29, 0.717) is 0 Å². The minimum absolute atomic E-state index is 1.21. The lowest BCUT2D eigenvalue weighted by Crippen LogP contribution is -1.84. The molecule has 0 unspecified atom stereocenters. The molecule has 0 aromatic heterocycles. The number of benzene rings is 4. The highest BCUT2D eigenvalue weighted by Gasteiger charge is 2.07. The Kier molecular flexibility index (Phi) is 1.58. The third-order valence-electron chi connectivity index (χ3n) is 3.52. The van der Waals surface area contributed by atoms with Gasteiger partial charge in [0.1, 0.15) is 0 Å². The summed E-state index contributed by atoms with van der Waals surface area (Å²) in [5.74, 6) is 0. The molecule has 0 heteroatoms. The molecule has 4 rings (SSSR count). The molecule has 0 spiro atoms. The molecule has 0 aliphatic carbocycles. The molecule has 0 bridgehead atoms. The number of hydrogen-bond acceptors (Lipinski definition) is 0. The topological polar surface area (TPSA) is 0 Å². The van der Waals surface area contributed by atoms with E-state index in [4.69, 9.17) is 0 Å². The quantitative estimate of drug-likeness (QED) is 0.373. The first-order valence-corrected chi connectivity index (χ1v) is 5.89. The van der Waals surface area contributed by atoms with Crippen molar-refractivity contribution >= 4 is 32.3 Å². The lowest BCUT2D eigenvalue weighted by atomic mass is 9.93. The molecule has 1 radical (unpaired) electrons. The van der Waals surface area contributed by atoms with Crippen LogP contribution >= 0.6 is 0 Å². The van der Waals surface area contributed by atoms with Gasteiger partial charge in [0.2, 0.25) is 0 Å². The van der Waals surface area contributed by atoms with Crippen LogP contribution in [0.5, 0.6) is 0 Å². The molecule has 0 heterocycles. The van der Waals surface area contributed by atoms with Crippen LogP contribution in [0.1, 0.15) is 5.56 Å². The molecule has 0 nitrogen and oxygen atoms in total. The molecule has 79 valence electrons. The average Bonchev–Trinajstić information content (AvgIpc) is 2.35. The monoisotopic (exact) mass is 215 g/mol.